The van der Waals surface area contributed by atoms with E-state index in [0.29, 0.717) is 44.2 Å². The van der Waals surface area contributed by atoms with Gasteiger partial charge < -0.3 is 29.7 Å². The van der Waals surface area contributed by atoms with Gasteiger partial charge in [0.05, 0.1) is 18.2 Å². The minimum Gasteiger partial charge on any atom is -0.507 e. The van der Waals surface area contributed by atoms with E-state index in [4.69, 9.17) is 26.1 Å². The molecule has 1 aromatic carbocycles. The number of ether oxygens (including phenoxy) is 2. The predicted octanol–water partition coefficient (Wildman–Crippen LogP) is 2.60. The molecule has 2 N–H and O–H groups in total. The number of aromatic nitrogens is 1. The smallest absolute Gasteiger partial charge is 0.261 e. The Labute approximate surface area is 221 Å². The lowest BCUT2D eigenvalue weighted by Gasteiger charge is -2.34. The molecule has 5 rings (SSSR count). The minimum absolute atomic E-state index is 0.0147. The number of nitrogens with zero attached hydrogens (tertiary/aromatic N) is 4. The van der Waals surface area contributed by atoms with Gasteiger partial charge in [-0.25, -0.2) is 9.37 Å². The van der Waals surface area contributed by atoms with E-state index in [9.17, 15) is 9.90 Å². The van der Waals surface area contributed by atoms with E-state index in [1.54, 1.807) is 7.11 Å². The number of piperazine rings is 1. The minimum atomic E-state index is -0.659. The highest BCUT2D eigenvalue weighted by atomic mass is 35.5. The van der Waals surface area contributed by atoms with Crippen molar-refractivity contribution < 1.29 is 23.8 Å². The van der Waals surface area contributed by atoms with Crippen LogP contribution in [-0.4, -0.2) is 104 Å². The van der Waals surface area contributed by atoms with Crippen LogP contribution in [0.3, 0.4) is 0 Å². The maximum absolute atomic E-state index is 15.0. The Kier molecular flexibility index (Phi) is 7.44. The van der Waals surface area contributed by atoms with Crippen LogP contribution in [0.4, 0.5) is 10.2 Å². The van der Waals surface area contributed by atoms with Crippen LogP contribution in [0.2, 0.25) is 5.02 Å². The topological polar surface area (TPSA) is 90.4 Å². The molecule has 0 aliphatic carbocycles. The second-order valence-electron chi connectivity index (χ2n) is 9.97. The molecule has 0 spiro atoms. The Morgan fingerprint density at radius 2 is 2.16 bits per heavy atom. The van der Waals surface area contributed by atoms with Crippen molar-refractivity contribution in [3.63, 3.8) is 0 Å². The summed E-state index contributed by atoms with van der Waals surface area (Å²) >= 11 is 6.80. The number of phenols is 1. The van der Waals surface area contributed by atoms with Gasteiger partial charge in [-0.1, -0.05) is 17.7 Å². The molecule has 4 heterocycles. The highest BCUT2D eigenvalue weighted by Crippen LogP contribution is 2.46. The summed E-state index contributed by atoms with van der Waals surface area (Å²) < 4.78 is 26.4. The number of phenolic OH excluding ortho intramolecular Hbond substituents is 1. The van der Waals surface area contributed by atoms with Crippen LogP contribution in [0.5, 0.6) is 11.5 Å². The van der Waals surface area contributed by atoms with E-state index in [1.165, 1.54) is 18.2 Å². The average Bonchev–Trinajstić information content (AvgIpc) is 3.20. The van der Waals surface area contributed by atoms with Gasteiger partial charge >= 0.3 is 0 Å². The maximum atomic E-state index is 15.0. The summed E-state index contributed by atoms with van der Waals surface area (Å²) in [6.45, 7) is 6.16. The van der Waals surface area contributed by atoms with Crippen molar-refractivity contribution in [2.45, 2.75) is 31.5 Å². The standard InChI is InChI=1S/C26H33ClFN5O4/c1-15-11-16(31(2)9-10-36-3)13-33(15)25-21-24(37-14-17-12-29-7-8-32(17)26(21)35)22(27)23(30-25)20-18(28)5-4-6-19(20)34/h4-6,15-17,29,34H,7-14H2,1-3H3/t15-,16-,17+/m0/s1. The third kappa shape index (κ3) is 4.71. The van der Waals surface area contributed by atoms with Crippen LogP contribution in [0.25, 0.3) is 11.3 Å². The quantitative estimate of drug-likeness (QED) is 0.586. The van der Waals surface area contributed by atoms with Gasteiger partial charge in [0.2, 0.25) is 0 Å². The number of nitrogens with one attached hydrogen (secondary N) is 1. The first-order chi connectivity index (χ1) is 17.8. The fraction of sp³-hybridized carbons (Fsp3) is 0.538. The monoisotopic (exact) mass is 533 g/mol. The Morgan fingerprint density at radius 1 is 1.35 bits per heavy atom. The molecule has 2 aromatic rings. The molecule has 3 atom stereocenters. The van der Waals surface area contributed by atoms with E-state index >= 15 is 4.39 Å². The second kappa shape index (κ2) is 10.6. The SMILES string of the molecule is COCCN(C)[C@H]1C[C@H](C)N(c2nc(-c3c(O)cccc3F)c(Cl)c3c2C(=O)N2CCNC[C@@H]2CO3)C1. The molecule has 9 nitrogen and oxygen atoms in total. The fourth-order valence-electron chi connectivity index (χ4n) is 5.51. The molecule has 0 saturated carbocycles. The van der Waals surface area contributed by atoms with Crippen LogP contribution in [0, 0.1) is 5.82 Å². The number of carbonyl (C=O) groups is 1. The van der Waals surface area contributed by atoms with Gasteiger partial charge in [0.25, 0.3) is 5.91 Å². The lowest BCUT2D eigenvalue weighted by Crippen LogP contribution is -2.55. The lowest BCUT2D eigenvalue weighted by atomic mass is 10.1. The van der Waals surface area contributed by atoms with Crippen LogP contribution < -0.4 is 15.0 Å². The Bertz CT molecular complexity index is 1160. The van der Waals surface area contributed by atoms with Crippen LogP contribution in [0.15, 0.2) is 18.2 Å². The number of carbonyl (C=O) groups excluding carboxylic acids is 1. The van der Waals surface area contributed by atoms with Gasteiger partial charge in [-0.15, -0.1) is 0 Å². The molecule has 37 heavy (non-hydrogen) atoms. The first kappa shape index (κ1) is 26.0. The van der Waals surface area contributed by atoms with Gasteiger partial charge in [-0.2, -0.15) is 0 Å². The van der Waals surface area contributed by atoms with Gasteiger partial charge in [0.15, 0.2) is 5.75 Å². The van der Waals surface area contributed by atoms with E-state index in [1.807, 2.05) is 4.90 Å². The first-order valence-electron chi connectivity index (χ1n) is 12.6. The number of anilines is 1. The van der Waals surface area contributed by atoms with E-state index < -0.39 is 5.82 Å². The number of methoxy groups -OCH3 is 1. The van der Waals surface area contributed by atoms with Crippen molar-refractivity contribution in [2.24, 2.45) is 0 Å². The normalized spacial score (nSPS) is 23.6. The average molecular weight is 534 g/mol. The number of hydrogen-bond donors (Lipinski definition) is 2. The zero-order valence-electron chi connectivity index (χ0n) is 21.3. The Balaban J connectivity index is 1.65. The number of amides is 1. The highest BCUT2D eigenvalue weighted by molar-refractivity contribution is 6.35. The van der Waals surface area contributed by atoms with Crippen molar-refractivity contribution in [3.05, 3.63) is 34.6 Å². The molecule has 0 bridgehead atoms. The van der Waals surface area contributed by atoms with Crippen molar-refractivity contribution in [1.82, 2.24) is 20.1 Å². The van der Waals surface area contributed by atoms with Gasteiger partial charge in [0, 0.05) is 51.9 Å². The first-order valence-corrected chi connectivity index (χ1v) is 13.0. The van der Waals surface area contributed by atoms with Crippen molar-refractivity contribution >= 4 is 23.3 Å². The van der Waals surface area contributed by atoms with E-state index in [-0.39, 0.29) is 58.4 Å². The van der Waals surface area contributed by atoms with Crippen molar-refractivity contribution in [3.8, 4) is 22.8 Å². The summed E-state index contributed by atoms with van der Waals surface area (Å²) in [6.07, 6.45) is 0.852. The molecule has 200 valence electrons. The Hall–Kier alpha value is -2.66. The molecular weight excluding hydrogens is 501 g/mol. The van der Waals surface area contributed by atoms with Crippen LogP contribution >= 0.6 is 11.6 Å². The number of fused-ring (bicyclic) bond motifs is 2. The summed E-state index contributed by atoms with van der Waals surface area (Å²) in [5.74, 6) is -0.554. The van der Waals surface area contributed by atoms with Gasteiger partial charge in [-0.05, 0) is 32.5 Å². The molecule has 0 unspecified atom stereocenters. The molecule has 1 amide bonds. The summed E-state index contributed by atoms with van der Waals surface area (Å²) in [5.41, 5.74) is 0.234. The fourth-order valence-corrected chi connectivity index (χ4v) is 5.80. The number of aromatic hydroxyl groups is 1. The number of pyridine rings is 1. The maximum Gasteiger partial charge on any atom is 0.261 e. The molecule has 2 saturated heterocycles. The Morgan fingerprint density at radius 3 is 2.92 bits per heavy atom. The summed E-state index contributed by atoms with van der Waals surface area (Å²) in [4.78, 5) is 24.9. The second-order valence-corrected chi connectivity index (χ2v) is 10.3. The largest absolute Gasteiger partial charge is 0.507 e. The molecular formula is C26H33ClFN5O4. The summed E-state index contributed by atoms with van der Waals surface area (Å²) in [7, 11) is 3.73. The van der Waals surface area contributed by atoms with Crippen LogP contribution in [-0.2, 0) is 4.74 Å². The number of hydrogen-bond acceptors (Lipinski definition) is 8. The van der Waals surface area contributed by atoms with Crippen LogP contribution in [0.1, 0.15) is 23.7 Å². The predicted molar refractivity (Wildman–Crippen MR) is 139 cm³/mol. The van der Waals surface area contributed by atoms with Crippen molar-refractivity contribution in [1.29, 1.82) is 0 Å². The van der Waals surface area contributed by atoms with Gasteiger partial charge in [0.1, 0.15) is 40.3 Å². The van der Waals surface area contributed by atoms with Gasteiger partial charge in [-0.3, -0.25) is 9.69 Å². The molecule has 1 aromatic heterocycles. The lowest BCUT2D eigenvalue weighted by molar-refractivity contribution is 0.0606. The molecule has 3 aliphatic heterocycles. The third-order valence-electron chi connectivity index (χ3n) is 7.65. The summed E-state index contributed by atoms with van der Waals surface area (Å²) in [6, 6.07) is 4.14. The molecule has 11 heteroatoms. The zero-order chi connectivity index (χ0) is 26.3. The number of benzene rings is 1. The third-order valence-corrected chi connectivity index (χ3v) is 8.00. The van der Waals surface area contributed by atoms with Crippen molar-refractivity contribution in [2.75, 3.05) is 65.0 Å². The molecule has 3 aliphatic rings. The number of rotatable bonds is 6. The molecule has 2 fully saturated rings. The van der Waals surface area contributed by atoms with E-state index in [0.717, 1.165) is 13.0 Å². The van der Waals surface area contributed by atoms with E-state index in [2.05, 4.69) is 29.1 Å². The number of likely N-dealkylation sites (N-methyl/N-ethyl adjacent to an activating group) is 1. The highest BCUT2D eigenvalue weighted by Gasteiger charge is 2.41. The zero-order valence-corrected chi connectivity index (χ0v) is 22.1. The molecule has 0 radical (unpaired) electrons. The summed E-state index contributed by atoms with van der Waals surface area (Å²) in [5, 5.41) is 13.9. The number of halogens is 2.